The van der Waals surface area contributed by atoms with E-state index in [1.54, 1.807) is 6.92 Å². The minimum absolute atomic E-state index is 0.0426. The predicted octanol–water partition coefficient (Wildman–Crippen LogP) is 3.19. The molecule has 0 aromatic heterocycles. The van der Waals surface area contributed by atoms with Crippen molar-refractivity contribution in [3.8, 4) is 0 Å². The Morgan fingerprint density at radius 1 is 1.62 bits per heavy atom. The van der Waals surface area contributed by atoms with E-state index in [1.807, 2.05) is 0 Å². The highest BCUT2D eigenvalue weighted by Crippen LogP contribution is 2.31. The first-order chi connectivity index (χ1) is 7.47. The van der Waals surface area contributed by atoms with Crippen LogP contribution >= 0.6 is 27.5 Å². The Morgan fingerprint density at radius 2 is 2.25 bits per heavy atom. The molecule has 0 unspecified atom stereocenters. The maximum absolute atomic E-state index is 11.5. The van der Waals surface area contributed by atoms with E-state index in [4.69, 9.17) is 16.3 Å². The second-order valence-electron chi connectivity index (χ2n) is 2.77. The van der Waals surface area contributed by atoms with Crippen LogP contribution in [0.2, 0.25) is 5.02 Å². The highest BCUT2D eigenvalue weighted by Gasteiger charge is 2.19. The second-order valence-corrected chi connectivity index (χ2v) is 3.97. The summed E-state index contributed by atoms with van der Waals surface area (Å²) < 4.78 is 5.04. The zero-order valence-corrected chi connectivity index (χ0v) is 10.5. The minimum Gasteiger partial charge on any atom is -0.462 e. The van der Waals surface area contributed by atoms with Gasteiger partial charge in [-0.2, -0.15) is 0 Å². The summed E-state index contributed by atoms with van der Waals surface area (Å²) in [4.78, 5) is 21.4. The van der Waals surface area contributed by atoms with Crippen LogP contribution in [0.4, 0.5) is 5.69 Å². The Hall–Kier alpha value is -1.14. The van der Waals surface area contributed by atoms with E-state index in [1.165, 1.54) is 0 Å². The Morgan fingerprint density at radius 3 is 2.75 bits per heavy atom. The van der Waals surface area contributed by atoms with Crippen molar-refractivity contribution in [3.05, 3.63) is 37.3 Å². The van der Waals surface area contributed by atoms with Crippen LogP contribution in [0.15, 0.2) is 16.6 Å². The second kappa shape index (κ2) is 5.27. The van der Waals surface area contributed by atoms with Crippen LogP contribution in [0.1, 0.15) is 17.3 Å². The first-order valence-electron chi connectivity index (χ1n) is 4.28. The number of carbonyl (C=O) groups excluding carboxylic acids is 1. The van der Waals surface area contributed by atoms with Gasteiger partial charge in [0.05, 0.1) is 26.6 Å². The lowest BCUT2D eigenvalue weighted by atomic mass is 10.2. The van der Waals surface area contributed by atoms with E-state index in [0.717, 1.165) is 12.1 Å². The summed E-state index contributed by atoms with van der Waals surface area (Å²) in [7, 11) is 0. The van der Waals surface area contributed by atoms with E-state index in [2.05, 4.69) is 15.9 Å². The van der Waals surface area contributed by atoms with Crippen LogP contribution in [0.25, 0.3) is 0 Å². The molecule has 0 bridgehead atoms. The number of halogens is 2. The maximum Gasteiger partial charge on any atom is 0.339 e. The van der Waals surface area contributed by atoms with Crippen LogP contribution in [-0.4, -0.2) is 17.5 Å². The number of nitro groups is 1. The SMILES string of the molecule is CCOC(=O)c1cc([N+](=O)[O-])cc(Cl)c1Br. The molecule has 0 fully saturated rings. The topological polar surface area (TPSA) is 69.4 Å². The van der Waals surface area contributed by atoms with E-state index in [-0.39, 0.29) is 22.9 Å². The quantitative estimate of drug-likeness (QED) is 0.488. The highest BCUT2D eigenvalue weighted by atomic mass is 79.9. The summed E-state index contributed by atoms with van der Waals surface area (Å²) in [6, 6.07) is 2.28. The summed E-state index contributed by atoms with van der Waals surface area (Å²) in [5.74, 6) is -0.653. The van der Waals surface area contributed by atoms with Crippen molar-refractivity contribution in [1.29, 1.82) is 0 Å². The van der Waals surface area contributed by atoms with Crippen LogP contribution in [0.5, 0.6) is 0 Å². The molecule has 0 saturated carbocycles. The maximum atomic E-state index is 11.5. The Balaban J connectivity index is 3.26. The molecule has 86 valence electrons. The molecule has 1 aromatic rings. The van der Waals surface area contributed by atoms with Crippen molar-refractivity contribution in [2.75, 3.05) is 6.61 Å². The third-order valence-corrected chi connectivity index (χ3v) is 3.10. The molecule has 0 spiro atoms. The molecule has 1 aromatic carbocycles. The lowest BCUT2D eigenvalue weighted by molar-refractivity contribution is -0.384. The molecule has 5 nitrogen and oxygen atoms in total. The van der Waals surface area contributed by atoms with Crippen LogP contribution in [0, 0.1) is 10.1 Å². The average molecular weight is 309 g/mol. The van der Waals surface area contributed by atoms with Crippen molar-refractivity contribution in [2.24, 2.45) is 0 Å². The zero-order valence-electron chi connectivity index (χ0n) is 8.20. The third kappa shape index (κ3) is 2.70. The zero-order chi connectivity index (χ0) is 12.3. The lowest BCUT2D eigenvalue weighted by Crippen LogP contribution is -2.06. The van der Waals surface area contributed by atoms with Crippen molar-refractivity contribution < 1.29 is 14.5 Å². The first kappa shape index (κ1) is 12.9. The monoisotopic (exact) mass is 307 g/mol. The molecule has 0 amide bonds. The number of carbonyl (C=O) groups is 1. The van der Waals surface area contributed by atoms with Gasteiger partial charge >= 0.3 is 5.97 Å². The molecule has 0 atom stereocenters. The molecule has 0 aliphatic rings. The van der Waals surface area contributed by atoms with Gasteiger partial charge in [0.1, 0.15) is 0 Å². The molecule has 0 aliphatic carbocycles. The van der Waals surface area contributed by atoms with Crippen molar-refractivity contribution in [3.63, 3.8) is 0 Å². The molecular formula is C9H7BrClNO4. The molecule has 7 heteroatoms. The Bertz CT molecular complexity index is 449. The minimum atomic E-state index is -0.653. The van der Waals surface area contributed by atoms with Gasteiger partial charge in [-0.1, -0.05) is 11.6 Å². The largest absolute Gasteiger partial charge is 0.462 e. The molecule has 0 N–H and O–H groups in total. The summed E-state index contributed by atoms with van der Waals surface area (Å²) in [5.41, 5.74) is -0.211. The Kier molecular flexibility index (Phi) is 4.26. The van der Waals surface area contributed by atoms with Gasteiger partial charge in [-0.15, -0.1) is 0 Å². The molecule has 0 radical (unpaired) electrons. The molecule has 0 heterocycles. The molecular weight excluding hydrogens is 301 g/mol. The number of non-ortho nitro benzene ring substituents is 1. The fourth-order valence-corrected chi connectivity index (χ4v) is 1.64. The summed E-state index contributed by atoms with van der Waals surface area (Å²) in [5, 5.41) is 10.7. The smallest absolute Gasteiger partial charge is 0.339 e. The van der Waals surface area contributed by atoms with Gasteiger partial charge in [-0.05, 0) is 22.9 Å². The fraction of sp³-hybridized carbons (Fsp3) is 0.222. The number of esters is 1. The summed E-state index contributed by atoms with van der Waals surface area (Å²) in [6.45, 7) is 1.83. The van der Waals surface area contributed by atoms with Crippen LogP contribution in [-0.2, 0) is 4.74 Å². The number of nitrogens with zero attached hydrogens (tertiary/aromatic N) is 1. The number of hydrogen-bond acceptors (Lipinski definition) is 4. The van der Waals surface area contributed by atoms with Gasteiger partial charge in [0.25, 0.3) is 5.69 Å². The third-order valence-electron chi connectivity index (χ3n) is 1.72. The number of benzene rings is 1. The number of rotatable bonds is 3. The molecule has 16 heavy (non-hydrogen) atoms. The highest BCUT2D eigenvalue weighted by molar-refractivity contribution is 9.10. The number of nitro benzene ring substituents is 1. The normalized spacial score (nSPS) is 9.94. The molecule has 0 saturated heterocycles. The van der Waals surface area contributed by atoms with Gasteiger partial charge in [-0.3, -0.25) is 10.1 Å². The summed E-state index contributed by atoms with van der Waals surface area (Å²) >= 11 is 8.83. The first-order valence-corrected chi connectivity index (χ1v) is 5.45. The molecule has 1 rings (SSSR count). The van der Waals surface area contributed by atoms with Crippen molar-refractivity contribution in [2.45, 2.75) is 6.92 Å². The lowest BCUT2D eigenvalue weighted by Gasteiger charge is -2.05. The van der Waals surface area contributed by atoms with Gasteiger partial charge in [0, 0.05) is 12.1 Å². The average Bonchev–Trinajstić information content (AvgIpc) is 2.21. The van der Waals surface area contributed by atoms with Gasteiger partial charge in [-0.25, -0.2) is 4.79 Å². The Labute approximate surface area is 105 Å². The number of hydrogen-bond donors (Lipinski definition) is 0. The van der Waals surface area contributed by atoms with Crippen molar-refractivity contribution in [1.82, 2.24) is 0 Å². The van der Waals surface area contributed by atoms with E-state index >= 15 is 0 Å². The van der Waals surface area contributed by atoms with Gasteiger partial charge in [0.2, 0.25) is 0 Å². The van der Waals surface area contributed by atoms with E-state index in [9.17, 15) is 14.9 Å². The van der Waals surface area contributed by atoms with E-state index in [0.29, 0.717) is 4.47 Å². The van der Waals surface area contributed by atoms with Gasteiger partial charge in [0.15, 0.2) is 0 Å². The molecule has 0 aliphatic heterocycles. The number of ether oxygens (including phenoxy) is 1. The van der Waals surface area contributed by atoms with Crippen molar-refractivity contribution >= 4 is 39.2 Å². The summed E-state index contributed by atoms with van der Waals surface area (Å²) in [6.07, 6.45) is 0. The van der Waals surface area contributed by atoms with Crippen LogP contribution < -0.4 is 0 Å². The predicted molar refractivity (Wildman–Crippen MR) is 61.8 cm³/mol. The van der Waals surface area contributed by atoms with Gasteiger partial charge < -0.3 is 4.74 Å². The standard InChI is InChI=1S/C9H7BrClNO4/c1-2-16-9(13)6-3-5(12(14)15)4-7(11)8(6)10/h3-4H,2H2,1H3. The van der Waals surface area contributed by atoms with E-state index < -0.39 is 10.9 Å². The fourth-order valence-electron chi connectivity index (χ4n) is 1.04. The van der Waals surface area contributed by atoms with Crippen LogP contribution in [0.3, 0.4) is 0 Å².